The number of phosphoric ester groups is 1. The Kier molecular flexibility index (Phi) is 59.7. The third-order valence-corrected chi connectivity index (χ3v) is 14.5. The molecule has 0 aromatic heterocycles. The van der Waals surface area contributed by atoms with E-state index in [9.17, 15) is 19.0 Å². The van der Waals surface area contributed by atoms with E-state index in [1.54, 1.807) is 0 Å². The minimum absolute atomic E-state index is 0.0423. The van der Waals surface area contributed by atoms with Crippen LogP contribution in [0.3, 0.4) is 0 Å². The van der Waals surface area contributed by atoms with Gasteiger partial charge in [0.05, 0.1) is 13.2 Å². The average molecular weight is 1100 g/mol. The predicted octanol–water partition coefficient (Wildman–Crippen LogP) is 20.4. The number of rotatable bonds is 59. The quantitative estimate of drug-likeness (QED) is 0.0264. The Morgan fingerprint density at radius 2 is 0.714 bits per heavy atom. The van der Waals surface area contributed by atoms with E-state index in [0.29, 0.717) is 6.42 Å². The summed E-state index contributed by atoms with van der Waals surface area (Å²) in [5, 5.41) is 0. The number of ether oxygens (including phenoxy) is 2. The highest BCUT2D eigenvalue weighted by Gasteiger charge is 2.26. The number of allylic oxidation sites excluding steroid dienone is 16. The van der Waals surface area contributed by atoms with E-state index in [4.69, 9.17) is 24.3 Å². The lowest BCUT2D eigenvalue weighted by atomic mass is 10.0. The molecule has 0 bridgehead atoms. The third-order valence-electron chi connectivity index (χ3n) is 13.5. The lowest BCUT2D eigenvalue weighted by Gasteiger charge is -2.19. The lowest BCUT2D eigenvalue weighted by molar-refractivity contribution is -0.161. The Hall–Kier alpha value is -3.07. The molecule has 0 heterocycles. The largest absolute Gasteiger partial charge is 0.472 e. The molecule has 0 fully saturated rings. The second kappa shape index (κ2) is 62.1. The van der Waals surface area contributed by atoms with Gasteiger partial charge in [-0.05, 0) is 77.0 Å². The molecule has 10 heteroatoms. The summed E-state index contributed by atoms with van der Waals surface area (Å²) in [6.07, 6.45) is 83.5. The van der Waals surface area contributed by atoms with Crippen molar-refractivity contribution >= 4 is 19.8 Å². The first kappa shape index (κ1) is 73.9. The van der Waals surface area contributed by atoms with Gasteiger partial charge in [-0.25, -0.2) is 4.57 Å². The van der Waals surface area contributed by atoms with Crippen molar-refractivity contribution in [3.05, 3.63) is 97.2 Å². The molecule has 2 atom stereocenters. The number of esters is 2. The predicted molar refractivity (Wildman–Crippen MR) is 330 cm³/mol. The van der Waals surface area contributed by atoms with Crippen molar-refractivity contribution in [1.82, 2.24) is 0 Å². The van der Waals surface area contributed by atoms with Crippen molar-refractivity contribution in [2.24, 2.45) is 5.73 Å². The highest BCUT2D eigenvalue weighted by atomic mass is 31.2. The highest BCUT2D eigenvalue weighted by Crippen LogP contribution is 2.43. The topological polar surface area (TPSA) is 134 Å². The summed E-state index contributed by atoms with van der Waals surface area (Å²) in [6, 6.07) is 0. The van der Waals surface area contributed by atoms with Crippen molar-refractivity contribution in [3.63, 3.8) is 0 Å². The van der Waals surface area contributed by atoms with Gasteiger partial charge in [-0.2, -0.15) is 0 Å². The number of unbranched alkanes of at least 4 members (excludes halogenated alkanes) is 30. The van der Waals surface area contributed by atoms with Gasteiger partial charge in [0.1, 0.15) is 6.61 Å². The molecule has 2 unspecified atom stereocenters. The molecule has 77 heavy (non-hydrogen) atoms. The zero-order valence-corrected chi connectivity index (χ0v) is 50.6. The number of phosphoric acid groups is 1. The van der Waals surface area contributed by atoms with Gasteiger partial charge >= 0.3 is 19.8 Å². The van der Waals surface area contributed by atoms with Gasteiger partial charge in [0.25, 0.3) is 0 Å². The van der Waals surface area contributed by atoms with Gasteiger partial charge in [-0.3, -0.25) is 18.6 Å². The molecule has 9 nitrogen and oxygen atoms in total. The molecule has 0 spiro atoms. The van der Waals surface area contributed by atoms with Crippen LogP contribution in [0.2, 0.25) is 0 Å². The smallest absolute Gasteiger partial charge is 0.462 e. The molecule has 0 rings (SSSR count). The molecule has 0 aliphatic carbocycles. The molecule has 0 amide bonds. The van der Waals surface area contributed by atoms with Crippen LogP contribution in [0.4, 0.5) is 0 Å². The fourth-order valence-corrected chi connectivity index (χ4v) is 9.60. The van der Waals surface area contributed by atoms with E-state index in [1.807, 2.05) is 0 Å². The maximum Gasteiger partial charge on any atom is 0.472 e. The van der Waals surface area contributed by atoms with E-state index >= 15 is 0 Å². The number of hydrogen-bond donors (Lipinski definition) is 2. The first-order valence-corrected chi connectivity index (χ1v) is 33.2. The summed E-state index contributed by atoms with van der Waals surface area (Å²) in [5.74, 6) is -0.875. The van der Waals surface area contributed by atoms with E-state index < -0.39 is 32.5 Å². The van der Waals surface area contributed by atoms with E-state index in [0.717, 1.165) is 83.5 Å². The lowest BCUT2D eigenvalue weighted by Crippen LogP contribution is -2.29. The van der Waals surface area contributed by atoms with Gasteiger partial charge in [0.2, 0.25) is 0 Å². The molecular formula is C67H118NO8P. The van der Waals surface area contributed by atoms with Crippen molar-refractivity contribution in [3.8, 4) is 0 Å². The fourth-order valence-electron chi connectivity index (χ4n) is 8.83. The number of hydrogen-bond acceptors (Lipinski definition) is 8. The number of carbonyl (C=O) groups excluding carboxylic acids is 2. The molecule has 3 N–H and O–H groups in total. The Labute approximate surface area is 474 Å². The van der Waals surface area contributed by atoms with Crippen LogP contribution in [0, 0.1) is 0 Å². The monoisotopic (exact) mass is 1100 g/mol. The van der Waals surface area contributed by atoms with Gasteiger partial charge < -0.3 is 20.1 Å². The Bertz CT molecular complexity index is 1580. The molecule has 444 valence electrons. The minimum atomic E-state index is -4.41. The van der Waals surface area contributed by atoms with Crippen LogP contribution >= 0.6 is 7.82 Å². The summed E-state index contributed by atoms with van der Waals surface area (Å²) in [6.45, 7) is 3.61. The third kappa shape index (κ3) is 62.0. The molecule has 0 aliphatic rings. The van der Waals surface area contributed by atoms with E-state index in [2.05, 4.69) is 111 Å². The van der Waals surface area contributed by atoms with Crippen molar-refractivity contribution < 1.29 is 37.6 Å². The molecule has 0 saturated carbocycles. The Morgan fingerprint density at radius 1 is 0.403 bits per heavy atom. The molecule has 0 aromatic carbocycles. The van der Waals surface area contributed by atoms with Crippen LogP contribution < -0.4 is 5.73 Å². The zero-order chi connectivity index (χ0) is 55.9. The minimum Gasteiger partial charge on any atom is -0.462 e. The van der Waals surface area contributed by atoms with E-state index in [1.165, 1.54) is 167 Å². The molecule has 0 aromatic rings. The first-order valence-electron chi connectivity index (χ1n) is 31.7. The maximum atomic E-state index is 12.7. The summed E-state index contributed by atoms with van der Waals surface area (Å²) >= 11 is 0. The molecule has 0 radical (unpaired) electrons. The standard InChI is InChI=1S/C67H118NO8P/c1-3-5-7-9-11-13-15-17-19-21-23-25-27-29-31-32-34-35-37-39-41-43-45-47-49-51-53-55-57-59-66(69)73-63-65(64-75-77(71,72)74-62-61-68)76-67(70)60-58-56-54-52-50-48-46-44-42-40-38-36-33-30-28-26-24-22-20-18-16-14-12-10-8-6-4-2/h6,8,12,14,18,20,24,26,30,33,38,40,44,46,50,52,65H,3-5,7,9-11,13,15-17,19,21-23,25,27-29,31-32,34-37,39,41-43,45,47-49,51,53-64,68H2,1-2H3,(H,71,72)/b8-6-,14-12-,20-18-,26-24-,33-30-,40-38-,46-44-,52-50-. The first-order chi connectivity index (χ1) is 37.8. The SMILES string of the molecule is CC/C=C\C/C=C\C/C=C\C/C=C\C/C=C\C/C=C\C/C=C\C/C=C\CCCCC(=O)OC(COC(=O)CCCCCCCCCCCCCCCCCCCCCCCCCCCCCCC)COP(=O)(O)OCCN. The summed E-state index contributed by atoms with van der Waals surface area (Å²) in [7, 11) is -4.41. The molecule has 0 aliphatic heterocycles. The zero-order valence-electron chi connectivity index (χ0n) is 49.7. The second-order valence-electron chi connectivity index (χ2n) is 20.9. The number of nitrogens with two attached hydrogens (primary N) is 1. The Balaban J connectivity index is 4.00. The van der Waals surface area contributed by atoms with Gasteiger partial charge in [0, 0.05) is 19.4 Å². The molecule has 0 saturated heterocycles. The average Bonchev–Trinajstić information content (AvgIpc) is 3.42. The van der Waals surface area contributed by atoms with Crippen molar-refractivity contribution in [1.29, 1.82) is 0 Å². The van der Waals surface area contributed by atoms with Crippen LogP contribution in [-0.4, -0.2) is 49.3 Å². The van der Waals surface area contributed by atoms with Crippen LogP contribution in [-0.2, 0) is 32.7 Å². The normalized spacial score (nSPS) is 13.7. The summed E-state index contributed by atoms with van der Waals surface area (Å²) in [5.41, 5.74) is 5.39. The van der Waals surface area contributed by atoms with Crippen LogP contribution in [0.5, 0.6) is 0 Å². The Morgan fingerprint density at radius 3 is 1.06 bits per heavy atom. The summed E-state index contributed by atoms with van der Waals surface area (Å²) in [4.78, 5) is 35.2. The molecular weight excluding hydrogens is 978 g/mol. The van der Waals surface area contributed by atoms with E-state index in [-0.39, 0.29) is 32.6 Å². The summed E-state index contributed by atoms with van der Waals surface area (Å²) < 4.78 is 33.0. The second-order valence-corrected chi connectivity index (χ2v) is 22.4. The fraction of sp³-hybridized carbons (Fsp3) is 0.731. The van der Waals surface area contributed by atoms with Gasteiger partial charge in [-0.1, -0.05) is 291 Å². The van der Waals surface area contributed by atoms with Crippen LogP contribution in [0.1, 0.15) is 284 Å². The van der Waals surface area contributed by atoms with Gasteiger partial charge in [0.15, 0.2) is 6.10 Å². The van der Waals surface area contributed by atoms with Gasteiger partial charge in [-0.15, -0.1) is 0 Å². The van der Waals surface area contributed by atoms with Crippen molar-refractivity contribution in [2.45, 2.75) is 290 Å². The maximum absolute atomic E-state index is 12.7. The van der Waals surface area contributed by atoms with Crippen molar-refractivity contribution in [2.75, 3.05) is 26.4 Å². The van der Waals surface area contributed by atoms with Crippen LogP contribution in [0.15, 0.2) is 97.2 Å². The number of carbonyl (C=O) groups is 2. The van der Waals surface area contributed by atoms with Crippen LogP contribution in [0.25, 0.3) is 0 Å². The highest BCUT2D eigenvalue weighted by molar-refractivity contribution is 7.47.